The molecule has 2 aromatic rings. The Kier molecular flexibility index (Phi) is 2.67. The second-order valence-electron chi connectivity index (χ2n) is 5.19. The summed E-state index contributed by atoms with van der Waals surface area (Å²) in [4.78, 5) is 1.65. The van der Waals surface area contributed by atoms with Gasteiger partial charge in [-0.15, -0.1) is 0 Å². The molecular weight excluding hydrogens is 224 g/mol. The maximum absolute atomic E-state index is 6.44. The third kappa shape index (κ3) is 1.93. The predicted molar refractivity (Wildman–Crippen MR) is 70.4 cm³/mol. The van der Waals surface area contributed by atoms with Crippen LogP contribution in [-0.2, 0) is 5.54 Å². The van der Waals surface area contributed by atoms with E-state index in [0.717, 1.165) is 24.2 Å². The first-order valence-corrected chi connectivity index (χ1v) is 6.46. The zero-order valence-electron chi connectivity index (χ0n) is 10.6. The maximum Gasteiger partial charge on any atom is 0.0856 e. The second-order valence-corrected chi connectivity index (χ2v) is 5.19. The van der Waals surface area contributed by atoms with Gasteiger partial charge in [0.1, 0.15) is 0 Å². The van der Waals surface area contributed by atoms with Gasteiger partial charge in [0, 0.05) is 5.54 Å². The van der Waals surface area contributed by atoms with E-state index in [1.807, 2.05) is 19.1 Å². The number of nitrogens with zero attached hydrogens (tertiary/aromatic N) is 3. The molecule has 1 aliphatic rings. The molecule has 3 rings (SSSR count). The molecule has 0 saturated heterocycles. The summed E-state index contributed by atoms with van der Waals surface area (Å²) in [6.45, 7) is 1.94. The minimum absolute atomic E-state index is 0.119. The van der Waals surface area contributed by atoms with Gasteiger partial charge in [-0.2, -0.15) is 15.0 Å². The molecule has 0 amide bonds. The fourth-order valence-corrected chi connectivity index (χ4v) is 2.68. The average molecular weight is 242 g/mol. The monoisotopic (exact) mass is 242 g/mol. The van der Waals surface area contributed by atoms with Crippen LogP contribution in [0.3, 0.4) is 0 Å². The van der Waals surface area contributed by atoms with Crippen molar-refractivity contribution in [1.29, 1.82) is 0 Å². The highest BCUT2D eigenvalue weighted by Gasteiger charge is 2.30. The van der Waals surface area contributed by atoms with Crippen molar-refractivity contribution in [3.63, 3.8) is 0 Å². The van der Waals surface area contributed by atoms with Crippen LogP contribution in [0.25, 0.3) is 5.69 Å². The molecule has 1 aromatic carbocycles. The highest BCUT2D eigenvalue weighted by molar-refractivity contribution is 5.36. The van der Waals surface area contributed by atoms with Crippen LogP contribution in [0.15, 0.2) is 30.5 Å². The van der Waals surface area contributed by atoms with Crippen LogP contribution in [0, 0.1) is 6.92 Å². The fraction of sp³-hybridized carbons (Fsp3) is 0.429. The van der Waals surface area contributed by atoms with Crippen LogP contribution in [0.1, 0.15) is 36.9 Å². The smallest absolute Gasteiger partial charge is 0.0856 e. The van der Waals surface area contributed by atoms with Crippen molar-refractivity contribution in [2.45, 2.75) is 38.1 Å². The molecule has 0 unspecified atom stereocenters. The number of aryl methyl sites for hydroxylation is 1. The highest BCUT2D eigenvalue weighted by Crippen LogP contribution is 2.36. The lowest BCUT2D eigenvalue weighted by molar-refractivity contribution is 0.461. The first-order chi connectivity index (χ1) is 8.67. The third-order valence-electron chi connectivity index (χ3n) is 3.78. The van der Waals surface area contributed by atoms with Gasteiger partial charge in [0.25, 0.3) is 0 Å². The van der Waals surface area contributed by atoms with E-state index >= 15 is 0 Å². The molecule has 0 spiro atoms. The summed E-state index contributed by atoms with van der Waals surface area (Å²) >= 11 is 0. The Morgan fingerprint density at radius 3 is 2.39 bits per heavy atom. The molecule has 1 aromatic heterocycles. The molecule has 4 nitrogen and oxygen atoms in total. The molecule has 0 atom stereocenters. The largest absolute Gasteiger partial charge is 0.321 e. The summed E-state index contributed by atoms with van der Waals surface area (Å²) in [7, 11) is 0. The molecule has 0 aliphatic heterocycles. The molecule has 1 aliphatic carbocycles. The van der Waals surface area contributed by atoms with E-state index in [2.05, 4.69) is 22.3 Å². The summed E-state index contributed by atoms with van der Waals surface area (Å²) in [6, 6.07) is 8.31. The molecule has 1 saturated carbocycles. The highest BCUT2D eigenvalue weighted by atomic mass is 15.5. The van der Waals surface area contributed by atoms with E-state index in [1.165, 1.54) is 18.4 Å². The summed E-state index contributed by atoms with van der Waals surface area (Å²) in [5.74, 6) is 0. The van der Waals surface area contributed by atoms with Gasteiger partial charge in [-0.1, -0.05) is 25.0 Å². The Morgan fingerprint density at radius 1 is 1.17 bits per heavy atom. The van der Waals surface area contributed by atoms with E-state index in [0.29, 0.717) is 0 Å². The van der Waals surface area contributed by atoms with Crippen LogP contribution >= 0.6 is 0 Å². The molecule has 4 heteroatoms. The topological polar surface area (TPSA) is 56.7 Å². The number of benzene rings is 1. The summed E-state index contributed by atoms with van der Waals surface area (Å²) < 4.78 is 0. The van der Waals surface area contributed by atoms with Crippen molar-refractivity contribution in [1.82, 2.24) is 15.0 Å². The number of rotatable bonds is 2. The first kappa shape index (κ1) is 11.4. The van der Waals surface area contributed by atoms with Gasteiger partial charge in [-0.25, -0.2) is 0 Å². The molecule has 0 bridgehead atoms. The third-order valence-corrected chi connectivity index (χ3v) is 3.78. The van der Waals surface area contributed by atoms with Crippen LogP contribution in [0.5, 0.6) is 0 Å². The molecule has 1 fully saturated rings. The molecule has 2 N–H and O–H groups in total. The van der Waals surface area contributed by atoms with Crippen molar-refractivity contribution < 1.29 is 0 Å². The molecule has 1 heterocycles. The van der Waals surface area contributed by atoms with Gasteiger partial charge in [0.15, 0.2) is 0 Å². The number of nitrogens with two attached hydrogens (primary N) is 1. The molecule has 18 heavy (non-hydrogen) atoms. The van der Waals surface area contributed by atoms with Gasteiger partial charge >= 0.3 is 0 Å². The van der Waals surface area contributed by atoms with E-state index < -0.39 is 0 Å². The van der Waals surface area contributed by atoms with Crippen LogP contribution in [0.2, 0.25) is 0 Å². The summed E-state index contributed by atoms with van der Waals surface area (Å²) in [6.07, 6.45) is 6.41. The van der Waals surface area contributed by atoms with Crippen molar-refractivity contribution in [2.24, 2.45) is 5.73 Å². The van der Waals surface area contributed by atoms with E-state index in [9.17, 15) is 0 Å². The van der Waals surface area contributed by atoms with Crippen molar-refractivity contribution >= 4 is 0 Å². The minimum Gasteiger partial charge on any atom is -0.321 e. The molecule has 0 radical (unpaired) electrons. The van der Waals surface area contributed by atoms with E-state index in [4.69, 9.17) is 5.73 Å². The first-order valence-electron chi connectivity index (χ1n) is 6.46. The maximum atomic E-state index is 6.44. The summed E-state index contributed by atoms with van der Waals surface area (Å²) in [5, 5.41) is 8.50. The predicted octanol–water partition coefficient (Wildman–Crippen LogP) is 2.30. The average Bonchev–Trinajstić information content (AvgIpc) is 3.00. The standard InChI is InChI=1S/C14H18N4/c1-11-10-16-18(17-11)13-6-4-12(5-7-13)14(15)8-2-3-9-14/h4-7,10H,2-3,8-9,15H2,1H3. The fourth-order valence-electron chi connectivity index (χ4n) is 2.68. The van der Waals surface area contributed by atoms with Gasteiger partial charge < -0.3 is 5.73 Å². The van der Waals surface area contributed by atoms with Gasteiger partial charge in [0.2, 0.25) is 0 Å². The molecule has 94 valence electrons. The summed E-state index contributed by atoms with van der Waals surface area (Å²) in [5.41, 5.74) is 9.45. The van der Waals surface area contributed by atoms with E-state index in [-0.39, 0.29) is 5.54 Å². The van der Waals surface area contributed by atoms with Crippen molar-refractivity contribution in [3.05, 3.63) is 41.7 Å². The van der Waals surface area contributed by atoms with Crippen LogP contribution < -0.4 is 5.73 Å². The SMILES string of the molecule is Cc1cnn(-c2ccc(C3(N)CCCC3)cc2)n1. The van der Waals surface area contributed by atoms with E-state index in [1.54, 1.807) is 11.0 Å². The minimum atomic E-state index is -0.119. The number of hydrogen-bond acceptors (Lipinski definition) is 3. The van der Waals surface area contributed by atoms with Crippen molar-refractivity contribution in [2.75, 3.05) is 0 Å². The lowest BCUT2D eigenvalue weighted by Gasteiger charge is -2.24. The Balaban J connectivity index is 1.89. The van der Waals surface area contributed by atoms with Gasteiger partial charge in [0.05, 0.1) is 17.6 Å². The van der Waals surface area contributed by atoms with Crippen LogP contribution in [0.4, 0.5) is 0 Å². The second kappa shape index (κ2) is 4.21. The lowest BCUT2D eigenvalue weighted by Crippen LogP contribution is -2.32. The Hall–Kier alpha value is -1.68. The van der Waals surface area contributed by atoms with Gasteiger partial charge in [-0.05, 0) is 37.5 Å². The lowest BCUT2D eigenvalue weighted by atomic mass is 9.89. The molecular formula is C14H18N4. The number of hydrogen-bond donors (Lipinski definition) is 1. The quantitative estimate of drug-likeness (QED) is 0.879. The Morgan fingerprint density at radius 2 is 1.83 bits per heavy atom. The Labute approximate surface area is 107 Å². The zero-order valence-corrected chi connectivity index (χ0v) is 10.6. The van der Waals surface area contributed by atoms with Crippen LogP contribution in [-0.4, -0.2) is 15.0 Å². The van der Waals surface area contributed by atoms with Crippen molar-refractivity contribution in [3.8, 4) is 5.69 Å². The normalized spacial score (nSPS) is 18.1. The van der Waals surface area contributed by atoms with Gasteiger partial charge in [-0.3, -0.25) is 0 Å². The Bertz CT molecular complexity index is 535. The number of aromatic nitrogens is 3. The zero-order chi connectivity index (χ0) is 12.6.